The van der Waals surface area contributed by atoms with Crippen LogP contribution in [0.25, 0.3) is 10.2 Å². The number of carbonyl (C=O) groups excluding carboxylic acids is 1. The molecule has 4 rings (SSSR count). The van der Waals surface area contributed by atoms with Gasteiger partial charge >= 0.3 is 0 Å². The molecule has 2 aromatic carbocycles. The topological polar surface area (TPSA) is 101 Å². The normalized spacial score (nSPS) is 11.3. The van der Waals surface area contributed by atoms with E-state index in [0.29, 0.717) is 17.4 Å². The summed E-state index contributed by atoms with van der Waals surface area (Å²) in [7, 11) is -4.01. The molecule has 0 saturated carbocycles. The summed E-state index contributed by atoms with van der Waals surface area (Å²) in [6, 6.07) is 15.4. The molecule has 0 unspecified atom stereocenters. The van der Waals surface area contributed by atoms with Gasteiger partial charge in [-0.05, 0) is 56.3 Å². The number of anilines is 2. The third-order valence-corrected chi connectivity index (χ3v) is 7.44. The molecule has 33 heavy (non-hydrogen) atoms. The van der Waals surface area contributed by atoms with E-state index in [1.165, 1.54) is 35.9 Å². The van der Waals surface area contributed by atoms with Crippen LogP contribution in [0.5, 0.6) is 5.75 Å². The number of thiazole rings is 1. The minimum atomic E-state index is -4.01. The fraction of sp³-hybridized carbons (Fsp3) is 0.174. The summed E-state index contributed by atoms with van der Waals surface area (Å²) >= 11 is 1.29. The average molecular weight is 483 g/mol. The van der Waals surface area contributed by atoms with Crippen molar-refractivity contribution < 1.29 is 17.9 Å². The van der Waals surface area contributed by atoms with Gasteiger partial charge in [0.25, 0.3) is 10.0 Å². The fourth-order valence-electron chi connectivity index (χ4n) is 3.16. The first-order valence-electron chi connectivity index (χ1n) is 10.2. The van der Waals surface area contributed by atoms with Crippen molar-refractivity contribution in [1.82, 2.24) is 9.97 Å². The Morgan fingerprint density at radius 2 is 1.94 bits per heavy atom. The lowest BCUT2D eigenvalue weighted by atomic mass is 10.2. The predicted molar refractivity (Wildman–Crippen MR) is 129 cm³/mol. The Labute approximate surface area is 195 Å². The highest BCUT2D eigenvalue weighted by Gasteiger charge is 2.27. The Morgan fingerprint density at radius 3 is 2.64 bits per heavy atom. The van der Waals surface area contributed by atoms with E-state index in [-0.39, 0.29) is 4.90 Å². The SMILES string of the molecule is CCOc1ccc2nc(NC(=O)CN(c3ccc(C)cc3)S(=O)(=O)c3cccnc3)sc2c1. The number of hydrogen-bond donors (Lipinski definition) is 1. The lowest BCUT2D eigenvalue weighted by Gasteiger charge is -2.23. The smallest absolute Gasteiger partial charge is 0.266 e. The van der Waals surface area contributed by atoms with Crippen LogP contribution in [-0.4, -0.2) is 37.4 Å². The molecule has 8 nitrogen and oxygen atoms in total. The van der Waals surface area contributed by atoms with E-state index < -0.39 is 22.5 Å². The zero-order valence-corrected chi connectivity index (χ0v) is 19.7. The minimum Gasteiger partial charge on any atom is -0.494 e. The number of hydrogen-bond acceptors (Lipinski definition) is 7. The van der Waals surface area contributed by atoms with Crippen molar-refractivity contribution in [3.05, 3.63) is 72.6 Å². The maximum absolute atomic E-state index is 13.3. The van der Waals surface area contributed by atoms with Crippen LogP contribution in [-0.2, 0) is 14.8 Å². The second-order valence-electron chi connectivity index (χ2n) is 7.17. The van der Waals surface area contributed by atoms with E-state index in [9.17, 15) is 13.2 Å². The Kier molecular flexibility index (Phi) is 6.57. The molecule has 0 bridgehead atoms. The zero-order chi connectivity index (χ0) is 23.4. The first-order chi connectivity index (χ1) is 15.9. The van der Waals surface area contributed by atoms with Crippen LogP contribution in [0, 0.1) is 6.92 Å². The van der Waals surface area contributed by atoms with Gasteiger partial charge in [0.2, 0.25) is 5.91 Å². The molecule has 0 aliphatic carbocycles. The molecule has 2 aromatic heterocycles. The second kappa shape index (κ2) is 9.55. The number of aryl methyl sites for hydroxylation is 1. The van der Waals surface area contributed by atoms with Crippen molar-refractivity contribution in [1.29, 1.82) is 0 Å². The number of fused-ring (bicyclic) bond motifs is 1. The van der Waals surface area contributed by atoms with Gasteiger partial charge in [0.15, 0.2) is 5.13 Å². The van der Waals surface area contributed by atoms with Crippen LogP contribution in [0.15, 0.2) is 71.9 Å². The number of pyridine rings is 1. The molecule has 0 fully saturated rings. The molecule has 0 atom stereocenters. The van der Waals surface area contributed by atoms with E-state index in [0.717, 1.165) is 25.8 Å². The Morgan fingerprint density at radius 1 is 1.15 bits per heavy atom. The molecule has 10 heteroatoms. The van der Waals surface area contributed by atoms with Crippen LogP contribution < -0.4 is 14.4 Å². The average Bonchev–Trinajstić information content (AvgIpc) is 3.20. The number of sulfonamides is 1. The largest absolute Gasteiger partial charge is 0.494 e. The van der Waals surface area contributed by atoms with E-state index in [1.54, 1.807) is 24.3 Å². The Bertz CT molecular complexity index is 1370. The van der Waals surface area contributed by atoms with Crippen molar-refractivity contribution in [2.75, 3.05) is 22.8 Å². The molecule has 0 saturated heterocycles. The van der Waals surface area contributed by atoms with E-state index in [2.05, 4.69) is 15.3 Å². The number of rotatable bonds is 8. The molecule has 170 valence electrons. The van der Waals surface area contributed by atoms with E-state index in [4.69, 9.17) is 4.74 Å². The molecule has 0 radical (unpaired) electrons. The second-order valence-corrected chi connectivity index (χ2v) is 10.1. The highest BCUT2D eigenvalue weighted by Crippen LogP contribution is 2.30. The lowest BCUT2D eigenvalue weighted by Crippen LogP contribution is -2.38. The van der Waals surface area contributed by atoms with Gasteiger partial charge in [-0.25, -0.2) is 13.4 Å². The summed E-state index contributed by atoms with van der Waals surface area (Å²) in [5.41, 5.74) is 2.07. The van der Waals surface area contributed by atoms with Gasteiger partial charge in [-0.1, -0.05) is 29.0 Å². The summed E-state index contributed by atoms with van der Waals surface area (Å²) in [5, 5.41) is 3.10. The van der Waals surface area contributed by atoms with Gasteiger partial charge < -0.3 is 10.1 Å². The monoisotopic (exact) mass is 482 g/mol. The van der Waals surface area contributed by atoms with Crippen molar-refractivity contribution in [3.8, 4) is 5.75 Å². The molecule has 1 N–H and O–H groups in total. The molecule has 2 heterocycles. The summed E-state index contributed by atoms with van der Waals surface area (Å²) in [6.07, 6.45) is 2.75. The number of aromatic nitrogens is 2. The number of nitrogens with one attached hydrogen (secondary N) is 1. The minimum absolute atomic E-state index is 0.00168. The molecule has 0 spiro atoms. The van der Waals surface area contributed by atoms with Gasteiger partial charge in [0.1, 0.15) is 17.2 Å². The number of ether oxygens (including phenoxy) is 1. The molecule has 4 aromatic rings. The highest BCUT2D eigenvalue weighted by atomic mass is 32.2. The maximum Gasteiger partial charge on any atom is 0.266 e. The van der Waals surface area contributed by atoms with E-state index in [1.807, 2.05) is 32.0 Å². The lowest BCUT2D eigenvalue weighted by molar-refractivity contribution is -0.114. The Hall–Kier alpha value is -3.50. The van der Waals surface area contributed by atoms with Gasteiger partial charge in [-0.2, -0.15) is 0 Å². The van der Waals surface area contributed by atoms with Crippen LogP contribution >= 0.6 is 11.3 Å². The van der Waals surface area contributed by atoms with Crippen molar-refractivity contribution in [2.24, 2.45) is 0 Å². The van der Waals surface area contributed by atoms with Gasteiger partial charge in [0, 0.05) is 12.4 Å². The standard InChI is InChI=1S/C23H22N4O4S2/c1-3-31-18-10-11-20-21(13-18)32-23(25-20)26-22(28)15-27(17-8-6-16(2)7-9-17)33(29,30)19-5-4-12-24-14-19/h4-14H,3,15H2,1-2H3,(H,25,26,28). The van der Waals surface area contributed by atoms with Gasteiger partial charge in [-0.15, -0.1) is 0 Å². The number of amides is 1. The quantitative estimate of drug-likeness (QED) is 0.403. The first kappa shape index (κ1) is 22.7. The van der Waals surface area contributed by atoms with Crippen LogP contribution in [0.3, 0.4) is 0 Å². The molecular weight excluding hydrogens is 460 g/mol. The Balaban J connectivity index is 1.60. The molecular formula is C23H22N4O4S2. The first-order valence-corrected chi connectivity index (χ1v) is 12.4. The maximum atomic E-state index is 13.3. The van der Waals surface area contributed by atoms with Crippen molar-refractivity contribution in [2.45, 2.75) is 18.7 Å². The van der Waals surface area contributed by atoms with Crippen LogP contribution in [0.1, 0.15) is 12.5 Å². The van der Waals surface area contributed by atoms with Crippen LogP contribution in [0.2, 0.25) is 0 Å². The molecule has 0 aliphatic rings. The summed E-state index contributed by atoms with van der Waals surface area (Å²) in [6.45, 7) is 3.94. The molecule has 0 aliphatic heterocycles. The summed E-state index contributed by atoms with van der Waals surface area (Å²) in [5.74, 6) is 0.215. The highest BCUT2D eigenvalue weighted by molar-refractivity contribution is 7.92. The summed E-state index contributed by atoms with van der Waals surface area (Å²) < 4.78 is 34.1. The van der Waals surface area contributed by atoms with Gasteiger partial charge in [-0.3, -0.25) is 14.1 Å². The number of nitrogens with zero attached hydrogens (tertiary/aromatic N) is 3. The number of carbonyl (C=O) groups is 1. The molecule has 1 amide bonds. The van der Waals surface area contributed by atoms with E-state index >= 15 is 0 Å². The third-order valence-electron chi connectivity index (χ3n) is 4.75. The van der Waals surface area contributed by atoms with Crippen molar-refractivity contribution >= 4 is 48.3 Å². The zero-order valence-electron chi connectivity index (χ0n) is 18.1. The van der Waals surface area contributed by atoms with Gasteiger partial charge in [0.05, 0.1) is 22.5 Å². The fourth-order valence-corrected chi connectivity index (χ4v) is 5.45. The van der Waals surface area contributed by atoms with Crippen molar-refractivity contribution in [3.63, 3.8) is 0 Å². The third kappa shape index (κ3) is 5.12. The predicted octanol–water partition coefficient (Wildman–Crippen LogP) is 4.23. The summed E-state index contributed by atoms with van der Waals surface area (Å²) in [4.78, 5) is 21.2. The number of benzene rings is 2. The van der Waals surface area contributed by atoms with Crippen LogP contribution in [0.4, 0.5) is 10.8 Å².